The summed E-state index contributed by atoms with van der Waals surface area (Å²) in [5.41, 5.74) is 0.214. The molecule has 0 fully saturated rings. The highest BCUT2D eigenvalue weighted by Gasteiger charge is 2.26. The number of hydrogen-bond acceptors (Lipinski definition) is 3. The van der Waals surface area contributed by atoms with Crippen molar-refractivity contribution < 1.29 is 21.6 Å². The topological polar surface area (TPSA) is 47.0 Å². The van der Waals surface area contributed by atoms with Gasteiger partial charge in [0.15, 0.2) is 0 Å². The first-order valence-corrected chi connectivity index (χ1v) is 10.2. The molecule has 0 unspecified atom stereocenters. The molecule has 0 aliphatic rings. The molecule has 0 N–H and O–H groups in total. The summed E-state index contributed by atoms with van der Waals surface area (Å²) < 4.78 is 68.4. The zero-order chi connectivity index (χ0) is 20.8. The van der Waals surface area contributed by atoms with Crippen molar-refractivity contribution in [2.45, 2.75) is 9.79 Å². The van der Waals surface area contributed by atoms with E-state index >= 15 is 0 Å². The summed E-state index contributed by atoms with van der Waals surface area (Å²) in [5, 5.41) is -0.111. The Labute approximate surface area is 169 Å². The van der Waals surface area contributed by atoms with Crippen molar-refractivity contribution in [3.63, 3.8) is 0 Å². The summed E-state index contributed by atoms with van der Waals surface area (Å²) in [4.78, 5) is 3.47. The van der Waals surface area contributed by atoms with Gasteiger partial charge in [-0.3, -0.25) is 4.98 Å². The minimum atomic E-state index is -4.25. The molecule has 4 rings (SSSR count). The third-order valence-corrected chi connectivity index (χ3v) is 6.48. The predicted molar refractivity (Wildman–Crippen MR) is 104 cm³/mol. The maximum absolute atomic E-state index is 14.6. The first kappa shape index (κ1) is 19.4. The molecule has 0 amide bonds. The van der Waals surface area contributed by atoms with Gasteiger partial charge in [-0.2, -0.15) is 0 Å². The number of nitrogens with zero attached hydrogens (tertiary/aromatic N) is 1. The lowest BCUT2D eigenvalue weighted by Gasteiger charge is -2.14. The van der Waals surface area contributed by atoms with Gasteiger partial charge in [-0.05, 0) is 36.4 Å². The molecule has 0 bridgehead atoms. The zero-order valence-electron chi connectivity index (χ0n) is 14.5. The summed E-state index contributed by atoms with van der Waals surface area (Å²) in [7, 11) is -4.25. The number of sulfone groups is 1. The minimum Gasteiger partial charge on any atom is -0.255 e. The Hall–Kier alpha value is -2.90. The highest BCUT2D eigenvalue weighted by atomic mass is 35.5. The fourth-order valence-corrected chi connectivity index (χ4v) is 4.76. The van der Waals surface area contributed by atoms with E-state index in [1.54, 1.807) is 6.07 Å². The number of aromatic nitrogens is 1. The van der Waals surface area contributed by atoms with Gasteiger partial charge in [0.05, 0.1) is 20.3 Å². The van der Waals surface area contributed by atoms with E-state index in [4.69, 9.17) is 11.6 Å². The van der Waals surface area contributed by atoms with Crippen molar-refractivity contribution in [2.75, 3.05) is 0 Å². The first-order valence-electron chi connectivity index (χ1n) is 8.32. The van der Waals surface area contributed by atoms with Crippen LogP contribution in [0.15, 0.2) is 76.7 Å². The molecule has 0 aliphatic carbocycles. The van der Waals surface area contributed by atoms with Crippen molar-refractivity contribution in [3.05, 3.63) is 89.3 Å². The number of fused-ring (bicyclic) bond motifs is 1. The van der Waals surface area contributed by atoms with Gasteiger partial charge in [-0.15, -0.1) is 0 Å². The molecule has 1 heterocycles. The minimum absolute atomic E-state index is 0.0123. The number of benzene rings is 3. The van der Waals surface area contributed by atoms with E-state index in [1.807, 2.05) is 0 Å². The monoisotopic (exact) mass is 433 g/mol. The molecule has 0 saturated heterocycles. The fourth-order valence-electron chi connectivity index (χ4n) is 3.06. The second-order valence-corrected chi connectivity index (χ2v) is 8.54. The van der Waals surface area contributed by atoms with Gasteiger partial charge in [0.25, 0.3) is 0 Å². The molecule has 0 spiro atoms. The Morgan fingerprint density at radius 3 is 2.34 bits per heavy atom. The van der Waals surface area contributed by atoms with Crippen molar-refractivity contribution in [1.82, 2.24) is 4.98 Å². The predicted octanol–water partition coefficient (Wildman–Crippen LogP) is 5.81. The van der Waals surface area contributed by atoms with E-state index < -0.39 is 27.3 Å². The second kappa shape index (κ2) is 7.17. The largest absolute Gasteiger partial charge is 0.255 e. The van der Waals surface area contributed by atoms with Gasteiger partial charge < -0.3 is 0 Å². The molecular formula is C21H11ClF3NO2S. The smallest absolute Gasteiger partial charge is 0.208 e. The zero-order valence-corrected chi connectivity index (χ0v) is 16.1. The molecule has 0 atom stereocenters. The summed E-state index contributed by atoms with van der Waals surface area (Å²) >= 11 is 5.75. The average Bonchev–Trinajstić information content (AvgIpc) is 2.69. The highest BCUT2D eigenvalue weighted by Crippen LogP contribution is 2.38. The Balaban J connectivity index is 2.09. The van der Waals surface area contributed by atoms with Gasteiger partial charge in [0, 0.05) is 28.8 Å². The number of hydrogen-bond donors (Lipinski definition) is 0. The summed E-state index contributed by atoms with van der Waals surface area (Å²) in [6, 6.07) is 12.2. The number of halogens is 4. The fraction of sp³-hybridized carbons (Fsp3) is 0. The molecule has 8 heteroatoms. The maximum Gasteiger partial charge on any atom is 0.208 e. The van der Waals surface area contributed by atoms with Crippen LogP contribution in [0.1, 0.15) is 0 Å². The van der Waals surface area contributed by atoms with Crippen molar-refractivity contribution in [2.24, 2.45) is 0 Å². The third kappa shape index (κ3) is 3.36. The van der Waals surface area contributed by atoms with Crippen LogP contribution in [-0.2, 0) is 9.84 Å². The Kier molecular flexibility index (Phi) is 4.80. The molecule has 0 saturated carbocycles. The van der Waals surface area contributed by atoms with Crippen LogP contribution in [0.5, 0.6) is 0 Å². The van der Waals surface area contributed by atoms with E-state index in [2.05, 4.69) is 4.98 Å². The van der Waals surface area contributed by atoms with Gasteiger partial charge in [0.1, 0.15) is 17.5 Å². The maximum atomic E-state index is 14.6. The lowest BCUT2D eigenvalue weighted by atomic mass is 10.0. The summed E-state index contributed by atoms with van der Waals surface area (Å²) in [5.74, 6) is -1.99. The van der Waals surface area contributed by atoms with Gasteiger partial charge in [0.2, 0.25) is 9.84 Å². The normalized spacial score (nSPS) is 11.7. The van der Waals surface area contributed by atoms with Crippen LogP contribution in [0.4, 0.5) is 13.2 Å². The van der Waals surface area contributed by atoms with E-state index in [9.17, 15) is 21.6 Å². The first-order chi connectivity index (χ1) is 13.8. The van der Waals surface area contributed by atoms with Crippen LogP contribution >= 0.6 is 11.6 Å². The van der Waals surface area contributed by atoms with Gasteiger partial charge in [-0.1, -0.05) is 29.8 Å². The molecule has 4 aromatic rings. The molecule has 3 aromatic carbocycles. The molecule has 146 valence electrons. The van der Waals surface area contributed by atoms with E-state index in [1.165, 1.54) is 24.3 Å². The van der Waals surface area contributed by atoms with Crippen LogP contribution < -0.4 is 0 Å². The summed E-state index contributed by atoms with van der Waals surface area (Å²) in [6.07, 6.45) is 1.04. The Morgan fingerprint density at radius 2 is 1.62 bits per heavy atom. The highest BCUT2D eigenvalue weighted by molar-refractivity contribution is 7.91. The van der Waals surface area contributed by atoms with E-state index in [0.29, 0.717) is 0 Å². The lowest BCUT2D eigenvalue weighted by molar-refractivity contribution is 0.594. The van der Waals surface area contributed by atoms with Crippen molar-refractivity contribution in [1.29, 1.82) is 0 Å². The van der Waals surface area contributed by atoms with Crippen LogP contribution in [0.25, 0.3) is 22.0 Å². The van der Waals surface area contributed by atoms with Crippen LogP contribution in [0, 0.1) is 17.5 Å². The van der Waals surface area contributed by atoms with Gasteiger partial charge in [-0.25, -0.2) is 21.6 Å². The van der Waals surface area contributed by atoms with Crippen LogP contribution in [0.2, 0.25) is 5.02 Å². The van der Waals surface area contributed by atoms with Crippen LogP contribution in [-0.4, -0.2) is 13.4 Å². The van der Waals surface area contributed by atoms with E-state index in [-0.39, 0.29) is 36.8 Å². The Bertz CT molecular complexity index is 1370. The molecule has 0 radical (unpaired) electrons. The number of pyridine rings is 1. The quantitative estimate of drug-likeness (QED) is 0.383. The molecular weight excluding hydrogens is 423 g/mol. The molecule has 1 aromatic heterocycles. The van der Waals surface area contributed by atoms with Gasteiger partial charge >= 0.3 is 0 Å². The lowest BCUT2D eigenvalue weighted by Crippen LogP contribution is -2.06. The molecule has 29 heavy (non-hydrogen) atoms. The van der Waals surface area contributed by atoms with Crippen molar-refractivity contribution >= 4 is 32.3 Å². The average molecular weight is 434 g/mol. The van der Waals surface area contributed by atoms with E-state index in [0.717, 1.165) is 36.5 Å². The summed E-state index contributed by atoms with van der Waals surface area (Å²) in [6.45, 7) is 0. The van der Waals surface area contributed by atoms with Crippen LogP contribution in [0.3, 0.4) is 0 Å². The van der Waals surface area contributed by atoms with Crippen molar-refractivity contribution in [3.8, 4) is 11.1 Å². The molecule has 3 nitrogen and oxygen atoms in total. The standard InChI is InChI=1S/C21H11ClF3NO2S/c22-16-10-13(6-8-18(16)25)29(27,28)20-11-26-19-9-12(23)5-7-15(19)21(20)14-3-1-2-4-17(14)24/h1-11H. The SMILES string of the molecule is O=S(=O)(c1ccc(F)c(Cl)c1)c1cnc2cc(F)ccc2c1-c1ccccc1F. The second-order valence-electron chi connectivity index (χ2n) is 6.22. The Morgan fingerprint density at radius 1 is 0.862 bits per heavy atom. The molecule has 0 aliphatic heterocycles. The number of rotatable bonds is 3. The third-order valence-electron chi connectivity index (χ3n) is 4.43.